The van der Waals surface area contributed by atoms with Crippen molar-refractivity contribution in [3.63, 3.8) is 0 Å². The zero-order chi connectivity index (χ0) is 9.14. The summed E-state index contributed by atoms with van der Waals surface area (Å²) in [5.41, 5.74) is 2.16. The van der Waals surface area contributed by atoms with Gasteiger partial charge in [-0.1, -0.05) is 15.9 Å². The van der Waals surface area contributed by atoms with Gasteiger partial charge < -0.3 is 4.74 Å². The van der Waals surface area contributed by atoms with Crippen molar-refractivity contribution in [1.82, 2.24) is 0 Å². The van der Waals surface area contributed by atoms with E-state index < -0.39 is 0 Å². The Balaban J connectivity index is 3.18. The molecule has 0 fully saturated rings. The predicted molar refractivity (Wildman–Crippen MR) is 55.0 cm³/mol. The lowest BCUT2D eigenvalue weighted by molar-refractivity contribution is 0.411. The monoisotopic (exact) mass is 248 g/mol. The second-order valence-electron chi connectivity index (χ2n) is 2.55. The van der Waals surface area contributed by atoms with Gasteiger partial charge in [-0.2, -0.15) is 0 Å². The molecule has 1 rings (SSSR count). The van der Waals surface area contributed by atoms with Crippen molar-refractivity contribution in [1.29, 1.82) is 0 Å². The molecule has 0 unspecified atom stereocenters. The Labute approximate surface area is 85.8 Å². The molecule has 66 valence electrons. The normalized spacial score (nSPS) is 10.0. The van der Waals surface area contributed by atoms with Crippen LogP contribution in [0.15, 0.2) is 16.6 Å². The molecule has 0 saturated heterocycles. The topological polar surface area (TPSA) is 9.23 Å². The van der Waals surface area contributed by atoms with Crippen molar-refractivity contribution < 1.29 is 4.74 Å². The molecule has 0 amide bonds. The maximum Gasteiger partial charge on any atom is 0.122 e. The van der Waals surface area contributed by atoms with E-state index in [1.165, 1.54) is 0 Å². The van der Waals surface area contributed by atoms with Crippen LogP contribution < -0.4 is 4.74 Å². The largest absolute Gasteiger partial charge is 0.496 e. The SMILES string of the molecule is COc1cc(CCl)c(Br)cc1C. The van der Waals surface area contributed by atoms with Crippen molar-refractivity contribution in [2.75, 3.05) is 7.11 Å². The Morgan fingerprint density at radius 1 is 1.50 bits per heavy atom. The van der Waals surface area contributed by atoms with E-state index in [1.807, 2.05) is 19.1 Å². The molecule has 1 nitrogen and oxygen atoms in total. The van der Waals surface area contributed by atoms with E-state index in [-0.39, 0.29) is 0 Å². The Hall–Kier alpha value is -0.210. The molecule has 0 atom stereocenters. The van der Waals surface area contributed by atoms with Crippen molar-refractivity contribution in [2.24, 2.45) is 0 Å². The Bertz CT molecular complexity index is 261. The Kier molecular flexibility index (Phi) is 3.41. The van der Waals surface area contributed by atoms with Gasteiger partial charge in [0.25, 0.3) is 0 Å². The van der Waals surface area contributed by atoms with Crippen molar-refractivity contribution in [3.8, 4) is 5.75 Å². The fourth-order valence-corrected chi connectivity index (χ4v) is 2.00. The highest BCUT2D eigenvalue weighted by atomic mass is 79.9. The number of hydrogen-bond acceptors (Lipinski definition) is 1. The van der Waals surface area contributed by atoms with Gasteiger partial charge in [0, 0.05) is 10.4 Å². The summed E-state index contributed by atoms with van der Waals surface area (Å²) >= 11 is 9.16. The lowest BCUT2D eigenvalue weighted by Crippen LogP contribution is -1.90. The summed E-state index contributed by atoms with van der Waals surface area (Å²) < 4.78 is 6.20. The molecule has 0 N–H and O–H groups in total. The number of methoxy groups -OCH3 is 1. The van der Waals surface area contributed by atoms with Crippen LogP contribution in [0.25, 0.3) is 0 Å². The zero-order valence-corrected chi connectivity index (χ0v) is 9.37. The molecule has 3 heteroatoms. The predicted octanol–water partition coefficient (Wildman–Crippen LogP) is 3.50. The number of halogens is 2. The van der Waals surface area contributed by atoms with Gasteiger partial charge in [-0.15, -0.1) is 11.6 Å². The van der Waals surface area contributed by atoms with Gasteiger partial charge in [0.05, 0.1) is 7.11 Å². The van der Waals surface area contributed by atoms with Gasteiger partial charge in [0.2, 0.25) is 0 Å². The molecule has 0 aromatic heterocycles. The minimum atomic E-state index is 0.497. The molecule has 0 aliphatic rings. The van der Waals surface area contributed by atoms with Crippen LogP contribution in [0, 0.1) is 6.92 Å². The Morgan fingerprint density at radius 3 is 2.67 bits per heavy atom. The molecule has 0 radical (unpaired) electrons. The van der Waals surface area contributed by atoms with E-state index in [2.05, 4.69) is 15.9 Å². The number of ether oxygens (including phenoxy) is 1. The van der Waals surface area contributed by atoms with Crippen LogP contribution in [-0.4, -0.2) is 7.11 Å². The first-order chi connectivity index (χ1) is 5.69. The number of rotatable bonds is 2. The third-order valence-corrected chi connectivity index (χ3v) is 2.73. The molecule has 0 bridgehead atoms. The second kappa shape index (κ2) is 4.15. The summed E-state index contributed by atoms with van der Waals surface area (Å²) in [5.74, 6) is 1.38. The highest BCUT2D eigenvalue weighted by molar-refractivity contribution is 9.10. The molecule has 12 heavy (non-hydrogen) atoms. The summed E-state index contributed by atoms with van der Waals surface area (Å²) in [4.78, 5) is 0. The summed E-state index contributed by atoms with van der Waals surface area (Å²) in [5, 5.41) is 0. The molecule has 0 aliphatic heterocycles. The average Bonchev–Trinajstić information content (AvgIpc) is 2.05. The zero-order valence-electron chi connectivity index (χ0n) is 7.03. The number of benzene rings is 1. The molecule has 0 aliphatic carbocycles. The van der Waals surface area contributed by atoms with Crippen LogP contribution in [-0.2, 0) is 5.88 Å². The maximum atomic E-state index is 5.73. The van der Waals surface area contributed by atoms with Crippen molar-refractivity contribution >= 4 is 27.5 Å². The summed E-state index contributed by atoms with van der Waals surface area (Å²) in [6, 6.07) is 3.96. The lowest BCUT2D eigenvalue weighted by Gasteiger charge is -2.07. The molecular formula is C9H10BrClO. The summed E-state index contributed by atoms with van der Waals surface area (Å²) in [7, 11) is 1.66. The van der Waals surface area contributed by atoms with Crippen LogP contribution in [0.3, 0.4) is 0 Å². The van der Waals surface area contributed by atoms with Crippen LogP contribution in [0.5, 0.6) is 5.75 Å². The van der Waals surface area contributed by atoms with Crippen LogP contribution >= 0.6 is 27.5 Å². The fourth-order valence-electron chi connectivity index (χ4n) is 1.02. The number of hydrogen-bond donors (Lipinski definition) is 0. The molecular weight excluding hydrogens is 239 g/mol. The van der Waals surface area contributed by atoms with Crippen molar-refractivity contribution in [3.05, 3.63) is 27.7 Å². The van der Waals surface area contributed by atoms with Gasteiger partial charge in [-0.05, 0) is 30.2 Å². The summed E-state index contributed by atoms with van der Waals surface area (Å²) in [6.07, 6.45) is 0. The Morgan fingerprint density at radius 2 is 2.17 bits per heavy atom. The van der Waals surface area contributed by atoms with Gasteiger partial charge in [0.15, 0.2) is 0 Å². The van der Waals surface area contributed by atoms with Crippen LogP contribution in [0.2, 0.25) is 0 Å². The standard InChI is InChI=1S/C9H10BrClO/c1-6-3-8(10)7(5-11)4-9(6)12-2/h3-4H,5H2,1-2H3. The van der Waals surface area contributed by atoms with Gasteiger partial charge in [-0.3, -0.25) is 0 Å². The van der Waals surface area contributed by atoms with Crippen molar-refractivity contribution in [2.45, 2.75) is 12.8 Å². The first-order valence-corrected chi connectivity index (χ1v) is 4.90. The lowest BCUT2D eigenvalue weighted by atomic mass is 10.1. The smallest absolute Gasteiger partial charge is 0.122 e. The first-order valence-electron chi connectivity index (χ1n) is 3.58. The van der Waals surface area contributed by atoms with Gasteiger partial charge in [-0.25, -0.2) is 0 Å². The maximum absolute atomic E-state index is 5.73. The average molecular weight is 250 g/mol. The number of alkyl halides is 1. The second-order valence-corrected chi connectivity index (χ2v) is 3.67. The fraction of sp³-hybridized carbons (Fsp3) is 0.333. The van der Waals surface area contributed by atoms with E-state index in [1.54, 1.807) is 7.11 Å². The van der Waals surface area contributed by atoms with Crippen LogP contribution in [0.4, 0.5) is 0 Å². The van der Waals surface area contributed by atoms with E-state index in [0.29, 0.717) is 5.88 Å². The summed E-state index contributed by atoms with van der Waals surface area (Å²) in [6.45, 7) is 2.00. The van der Waals surface area contributed by atoms with Crippen LogP contribution in [0.1, 0.15) is 11.1 Å². The molecule has 0 heterocycles. The van der Waals surface area contributed by atoms with Gasteiger partial charge >= 0.3 is 0 Å². The minimum Gasteiger partial charge on any atom is -0.496 e. The third-order valence-electron chi connectivity index (χ3n) is 1.71. The quantitative estimate of drug-likeness (QED) is 0.729. The molecule has 1 aromatic rings. The number of aryl methyl sites for hydroxylation is 1. The first kappa shape index (κ1) is 9.87. The molecule has 1 aromatic carbocycles. The van der Waals surface area contributed by atoms with E-state index >= 15 is 0 Å². The highest BCUT2D eigenvalue weighted by Crippen LogP contribution is 2.27. The molecule has 0 saturated carbocycles. The van der Waals surface area contributed by atoms with Gasteiger partial charge in [0.1, 0.15) is 5.75 Å². The highest BCUT2D eigenvalue weighted by Gasteiger charge is 2.04. The van der Waals surface area contributed by atoms with E-state index in [4.69, 9.17) is 16.3 Å². The van der Waals surface area contributed by atoms with E-state index in [0.717, 1.165) is 21.3 Å². The third kappa shape index (κ3) is 1.93. The van der Waals surface area contributed by atoms with E-state index in [9.17, 15) is 0 Å². The molecule has 0 spiro atoms. The minimum absolute atomic E-state index is 0.497.